The van der Waals surface area contributed by atoms with E-state index in [1.165, 1.54) is 83.5 Å². The van der Waals surface area contributed by atoms with Gasteiger partial charge in [-0.1, -0.05) is 129 Å². The Balaban J connectivity index is 4.47. The number of likely N-dealkylation sites (N-methyl/N-ethyl adjacent to an activating group) is 1. The number of hydrogen-bond donors (Lipinski definition) is 2. The third-order valence-corrected chi connectivity index (χ3v) is 8.56. The fourth-order valence-corrected chi connectivity index (χ4v) is 5.52. The number of nitrogens with zero attached hydrogens (tertiary/aromatic N) is 1. The largest absolute Gasteiger partial charge is 0.756 e. The summed E-state index contributed by atoms with van der Waals surface area (Å²) in [6.07, 6.45) is 22.6. The number of carbonyl (C=O) groups is 1. The smallest absolute Gasteiger partial charge is 0.268 e. The van der Waals surface area contributed by atoms with Crippen molar-refractivity contribution in [3.05, 3.63) is 0 Å². The van der Waals surface area contributed by atoms with Crippen LogP contribution in [-0.2, 0) is 18.4 Å². The molecule has 0 spiro atoms. The quantitative estimate of drug-likeness (QED) is 0.0506. The molecule has 0 bridgehead atoms. The van der Waals surface area contributed by atoms with Gasteiger partial charge in [-0.2, -0.15) is 0 Å². The lowest BCUT2D eigenvalue weighted by atomic mass is 10.0. The molecule has 8 nitrogen and oxygen atoms in total. The molecule has 41 heavy (non-hydrogen) atoms. The molecule has 0 aromatic heterocycles. The number of phosphoric acid groups is 1. The van der Waals surface area contributed by atoms with Gasteiger partial charge >= 0.3 is 0 Å². The summed E-state index contributed by atoms with van der Waals surface area (Å²) < 4.78 is 23.0. The molecule has 0 saturated carbocycles. The van der Waals surface area contributed by atoms with E-state index in [2.05, 4.69) is 19.2 Å². The molecule has 0 aliphatic carbocycles. The van der Waals surface area contributed by atoms with Crippen molar-refractivity contribution < 1.29 is 32.9 Å². The van der Waals surface area contributed by atoms with Gasteiger partial charge in [0.15, 0.2) is 0 Å². The zero-order valence-electron chi connectivity index (χ0n) is 27.5. The van der Waals surface area contributed by atoms with Crippen molar-refractivity contribution in [2.75, 3.05) is 40.9 Å². The predicted octanol–water partition coefficient (Wildman–Crippen LogP) is 7.27. The van der Waals surface area contributed by atoms with E-state index in [-0.39, 0.29) is 19.1 Å². The van der Waals surface area contributed by atoms with E-state index in [9.17, 15) is 19.4 Å². The lowest BCUT2D eigenvalue weighted by Gasteiger charge is -2.30. The van der Waals surface area contributed by atoms with Gasteiger partial charge in [-0.15, -0.1) is 0 Å². The maximum absolute atomic E-state index is 12.7. The van der Waals surface area contributed by atoms with Crippen LogP contribution in [0.3, 0.4) is 0 Å². The Morgan fingerprint density at radius 1 is 0.756 bits per heavy atom. The molecule has 0 radical (unpaired) electrons. The minimum Gasteiger partial charge on any atom is -0.756 e. The summed E-state index contributed by atoms with van der Waals surface area (Å²) in [4.78, 5) is 25.0. The van der Waals surface area contributed by atoms with Gasteiger partial charge in [-0.25, -0.2) is 0 Å². The highest BCUT2D eigenvalue weighted by Crippen LogP contribution is 2.38. The van der Waals surface area contributed by atoms with Gasteiger partial charge in [-0.05, 0) is 12.8 Å². The number of carbonyl (C=O) groups excluding carboxylic acids is 1. The van der Waals surface area contributed by atoms with Crippen LogP contribution >= 0.6 is 7.82 Å². The second-order valence-corrected chi connectivity index (χ2v) is 14.3. The molecule has 246 valence electrons. The molecule has 0 aromatic rings. The number of amides is 1. The maximum atomic E-state index is 12.7. The van der Waals surface area contributed by atoms with Crippen molar-refractivity contribution in [1.29, 1.82) is 0 Å². The Bertz CT molecular complexity index is 659. The highest BCUT2D eigenvalue weighted by Gasteiger charge is 2.24. The number of aliphatic hydroxyl groups is 1. The molecule has 0 saturated heterocycles. The molecule has 0 heterocycles. The molecule has 0 aliphatic heterocycles. The van der Waals surface area contributed by atoms with E-state index < -0.39 is 20.0 Å². The zero-order chi connectivity index (χ0) is 30.8. The van der Waals surface area contributed by atoms with Gasteiger partial charge in [0.1, 0.15) is 13.2 Å². The monoisotopic (exact) mass is 606 g/mol. The molecule has 0 aliphatic rings. The van der Waals surface area contributed by atoms with Crippen LogP contribution < -0.4 is 10.2 Å². The maximum Gasteiger partial charge on any atom is 0.268 e. The zero-order valence-corrected chi connectivity index (χ0v) is 28.4. The highest BCUT2D eigenvalue weighted by molar-refractivity contribution is 7.45. The SMILES string of the molecule is CCCCCCCCCCCCCCC(=O)NC(COP(=O)([O-])OCC[N+](C)(C)C)C(O)CCCCCCCCC. The first-order valence-corrected chi connectivity index (χ1v) is 18.3. The number of quaternary nitrogens is 1. The molecule has 1 amide bonds. The van der Waals surface area contributed by atoms with Crippen molar-refractivity contribution in [2.45, 2.75) is 161 Å². The third-order valence-electron chi connectivity index (χ3n) is 7.60. The topological polar surface area (TPSA) is 108 Å². The van der Waals surface area contributed by atoms with E-state index in [0.29, 0.717) is 23.9 Å². The summed E-state index contributed by atoms with van der Waals surface area (Å²) in [5.41, 5.74) is 0. The predicted molar refractivity (Wildman–Crippen MR) is 169 cm³/mol. The fourth-order valence-electron chi connectivity index (χ4n) is 4.80. The minimum atomic E-state index is -4.54. The van der Waals surface area contributed by atoms with Gasteiger partial charge < -0.3 is 28.8 Å². The Kier molecular flexibility index (Phi) is 25.6. The Morgan fingerprint density at radius 3 is 1.66 bits per heavy atom. The second-order valence-electron chi connectivity index (χ2n) is 12.9. The van der Waals surface area contributed by atoms with Crippen LogP contribution in [0, 0.1) is 0 Å². The first-order chi connectivity index (χ1) is 19.5. The van der Waals surface area contributed by atoms with Crippen molar-refractivity contribution in [3.63, 3.8) is 0 Å². The number of nitrogens with one attached hydrogen (secondary N) is 1. The summed E-state index contributed by atoms with van der Waals surface area (Å²) in [5, 5.41) is 13.7. The summed E-state index contributed by atoms with van der Waals surface area (Å²) in [7, 11) is 1.30. The molecule has 3 atom stereocenters. The van der Waals surface area contributed by atoms with Crippen LogP contribution in [-0.4, -0.2) is 68.5 Å². The van der Waals surface area contributed by atoms with Crippen LogP contribution in [0.2, 0.25) is 0 Å². The average Bonchev–Trinajstić information content (AvgIpc) is 2.90. The van der Waals surface area contributed by atoms with Gasteiger partial charge in [0.05, 0.1) is 39.9 Å². The number of rotatable bonds is 30. The minimum absolute atomic E-state index is 0.0147. The Hall–Kier alpha value is -0.500. The standard InChI is InChI=1S/C32H67N2O6P/c1-6-8-10-12-14-15-16-17-18-20-22-24-26-32(36)33-30(31(35)25-23-21-19-13-11-9-7-2)29-40-41(37,38)39-28-27-34(3,4)5/h30-31,35H,6-29H2,1-5H3,(H-,33,36,37,38). The molecule has 2 N–H and O–H groups in total. The molecular formula is C32H67N2O6P. The Morgan fingerprint density at radius 2 is 1.20 bits per heavy atom. The van der Waals surface area contributed by atoms with E-state index >= 15 is 0 Å². The van der Waals surface area contributed by atoms with E-state index in [4.69, 9.17) is 9.05 Å². The highest BCUT2D eigenvalue weighted by atomic mass is 31.2. The van der Waals surface area contributed by atoms with Crippen LogP contribution in [0.1, 0.15) is 149 Å². The van der Waals surface area contributed by atoms with Crippen molar-refractivity contribution in [2.24, 2.45) is 0 Å². The van der Waals surface area contributed by atoms with Crippen molar-refractivity contribution >= 4 is 13.7 Å². The van der Waals surface area contributed by atoms with Crippen molar-refractivity contribution in [1.82, 2.24) is 5.32 Å². The molecular weight excluding hydrogens is 539 g/mol. The van der Waals surface area contributed by atoms with Gasteiger partial charge in [-0.3, -0.25) is 9.36 Å². The van der Waals surface area contributed by atoms with Gasteiger partial charge in [0.2, 0.25) is 5.91 Å². The van der Waals surface area contributed by atoms with Crippen LogP contribution in [0.4, 0.5) is 0 Å². The van der Waals surface area contributed by atoms with Crippen LogP contribution in [0.5, 0.6) is 0 Å². The molecule has 3 unspecified atom stereocenters. The molecule has 0 aromatic carbocycles. The second kappa shape index (κ2) is 25.9. The fraction of sp³-hybridized carbons (Fsp3) is 0.969. The lowest BCUT2D eigenvalue weighted by Crippen LogP contribution is -2.46. The first kappa shape index (κ1) is 40.5. The molecule has 9 heteroatoms. The van der Waals surface area contributed by atoms with E-state index in [1.807, 2.05) is 21.1 Å². The average molecular weight is 607 g/mol. The van der Waals surface area contributed by atoms with Crippen molar-refractivity contribution in [3.8, 4) is 0 Å². The number of unbranched alkanes of at least 4 members (excludes halogenated alkanes) is 17. The van der Waals surface area contributed by atoms with E-state index in [1.54, 1.807) is 0 Å². The van der Waals surface area contributed by atoms with E-state index in [0.717, 1.165) is 38.5 Å². The summed E-state index contributed by atoms with van der Waals surface area (Å²) in [6, 6.07) is -0.788. The number of aliphatic hydroxyl groups excluding tert-OH is 1. The van der Waals surface area contributed by atoms with Gasteiger partial charge in [0, 0.05) is 6.42 Å². The first-order valence-electron chi connectivity index (χ1n) is 16.9. The number of hydrogen-bond acceptors (Lipinski definition) is 6. The summed E-state index contributed by atoms with van der Waals surface area (Å²) in [6.45, 7) is 4.64. The lowest BCUT2D eigenvalue weighted by molar-refractivity contribution is -0.870. The van der Waals surface area contributed by atoms with Crippen LogP contribution in [0.25, 0.3) is 0 Å². The summed E-state index contributed by atoms with van der Waals surface area (Å²) in [5.74, 6) is -0.170. The molecule has 0 rings (SSSR count). The third kappa shape index (κ3) is 28.1. The normalized spacial score (nSPS) is 15.0. The number of phosphoric ester groups is 1. The van der Waals surface area contributed by atoms with Crippen LogP contribution in [0.15, 0.2) is 0 Å². The Labute approximate surface area is 253 Å². The van der Waals surface area contributed by atoms with Gasteiger partial charge in [0.25, 0.3) is 7.82 Å². The summed E-state index contributed by atoms with van der Waals surface area (Å²) >= 11 is 0. The molecule has 0 fully saturated rings.